The summed E-state index contributed by atoms with van der Waals surface area (Å²) in [6.45, 7) is 6.11. The van der Waals surface area contributed by atoms with E-state index in [0.29, 0.717) is 5.92 Å². The van der Waals surface area contributed by atoms with Crippen LogP contribution in [0.5, 0.6) is 0 Å². The standard InChI is InChI=1S/C18H21IN2O/c1-12(2)16-6-4-5-7-17(16)21-18(22)13(3)20-15-10-8-14(19)9-11-15/h4-13,20H,1-3H3,(H,21,22)/t13-/m1/s1. The molecule has 0 unspecified atom stereocenters. The first kappa shape index (κ1) is 16.8. The van der Waals surface area contributed by atoms with Crippen LogP contribution in [0.3, 0.4) is 0 Å². The number of halogens is 1. The highest BCUT2D eigenvalue weighted by Crippen LogP contribution is 2.24. The molecule has 0 aliphatic carbocycles. The highest BCUT2D eigenvalue weighted by molar-refractivity contribution is 14.1. The molecule has 0 radical (unpaired) electrons. The molecule has 0 spiro atoms. The fourth-order valence-electron chi connectivity index (χ4n) is 2.22. The van der Waals surface area contributed by atoms with Gasteiger partial charge >= 0.3 is 0 Å². The van der Waals surface area contributed by atoms with E-state index in [0.717, 1.165) is 16.9 Å². The Morgan fingerprint density at radius 2 is 1.64 bits per heavy atom. The molecular weight excluding hydrogens is 387 g/mol. The van der Waals surface area contributed by atoms with Gasteiger partial charge in [0.15, 0.2) is 0 Å². The van der Waals surface area contributed by atoms with Crippen molar-refractivity contribution in [3.63, 3.8) is 0 Å². The molecule has 0 saturated carbocycles. The molecule has 1 atom stereocenters. The summed E-state index contributed by atoms with van der Waals surface area (Å²) in [4.78, 5) is 12.4. The number of rotatable bonds is 5. The van der Waals surface area contributed by atoms with Gasteiger partial charge in [-0.2, -0.15) is 0 Å². The van der Waals surface area contributed by atoms with Gasteiger partial charge in [0.25, 0.3) is 0 Å². The average Bonchev–Trinajstić information content (AvgIpc) is 2.49. The van der Waals surface area contributed by atoms with Crippen LogP contribution in [0.15, 0.2) is 48.5 Å². The van der Waals surface area contributed by atoms with E-state index in [4.69, 9.17) is 0 Å². The second-order valence-corrected chi connectivity index (χ2v) is 6.85. The van der Waals surface area contributed by atoms with Gasteiger partial charge in [-0.3, -0.25) is 4.79 Å². The van der Waals surface area contributed by atoms with Crippen LogP contribution >= 0.6 is 22.6 Å². The van der Waals surface area contributed by atoms with Gasteiger partial charge in [-0.15, -0.1) is 0 Å². The third-order valence-electron chi connectivity index (χ3n) is 3.46. The molecule has 2 N–H and O–H groups in total. The van der Waals surface area contributed by atoms with Crippen molar-refractivity contribution >= 4 is 39.9 Å². The van der Waals surface area contributed by atoms with Crippen molar-refractivity contribution in [3.05, 3.63) is 57.7 Å². The van der Waals surface area contributed by atoms with Crippen molar-refractivity contribution in [3.8, 4) is 0 Å². The summed E-state index contributed by atoms with van der Waals surface area (Å²) < 4.78 is 1.17. The molecule has 1 amide bonds. The van der Waals surface area contributed by atoms with E-state index in [1.165, 1.54) is 3.57 Å². The molecule has 4 heteroatoms. The summed E-state index contributed by atoms with van der Waals surface area (Å²) in [5.74, 6) is 0.336. The largest absolute Gasteiger partial charge is 0.374 e. The lowest BCUT2D eigenvalue weighted by molar-refractivity contribution is -0.116. The van der Waals surface area contributed by atoms with Crippen molar-refractivity contribution in [2.75, 3.05) is 10.6 Å². The summed E-state index contributed by atoms with van der Waals surface area (Å²) in [7, 11) is 0. The van der Waals surface area contributed by atoms with Crippen LogP contribution in [0.1, 0.15) is 32.3 Å². The molecule has 116 valence electrons. The number of carbonyl (C=O) groups is 1. The second-order valence-electron chi connectivity index (χ2n) is 5.60. The maximum atomic E-state index is 12.4. The molecule has 2 aromatic carbocycles. The van der Waals surface area contributed by atoms with Crippen molar-refractivity contribution in [2.24, 2.45) is 0 Å². The van der Waals surface area contributed by atoms with Gasteiger partial charge in [-0.1, -0.05) is 32.0 Å². The summed E-state index contributed by atoms with van der Waals surface area (Å²) in [6, 6.07) is 15.6. The molecule has 22 heavy (non-hydrogen) atoms. The van der Waals surface area contributed by atoms with E-state index in [9.17, 15) is 4.79 Å². The fourth-order valence-corrected chi connectivity index (χ4v) is 2.58. The van der Waals surface area contributed by atoms with E-state index >= 15 is 0 Å². The van der Waals surface area contributed by atoms with Crippen LogP contribution in [-0.2, 0) is 4.79 Å². The van der Waals surface area contributed by atoms with Crippen molar-refractivity contribution in [1.29, 1.82) is 0 Å². The summed E-state index contributed by atoms with van der Waals surface area (Å²) >= 11 is 2.26. The Hall–Kier alpha value is -1.56. The molecule has 0 heterocycles. The Balaban J connectivity index is 2.04. The van der Waals surface area contributed by atoms with Gasteiger partial charge in [0.05, 0.1) is 0 Å². The van der Waals surface area contributed by atoms with Crippen LogP contribution < -0.4 is 10.6 Å². The van der Waals surface area contributed by atoms with Crippen LogP contribution in [-0.4, -0.2) is 11.9 Å². The summed E-state index contributed by atoms with van der Waals surface area (Å²) in [5, 5.41) is 6.24. The Morgan fingerprint density at radius 3 is 2.27 bits per heavy atom. The van der Waals surface area contributed by atoms with Gasteiger partial charge in [0.2, 0.25) is 5.91 Å². The normalized spacial score (nSPS) is 12.0. The Morgan fingerprint density at radius 1 is 1.00 bits per heavy atom. The van der Waals surface area contributed by atoms with Crippen LogP contribution in [0.25, 0.3) is 0 Å². The van der Waals surface area contributed by atoms with Crippen LogP contribution in [0.4, 0.5) is 11.4 Å². The number of hydrogen-bond donors (Lipinski definition) is 2. The second kappa shape index (κ2) is 7.63. The number of amides is 1. The topological polar surface area (TPSA) is 41.1 Å². The number of benzene rings is 2. The maximum Gasteiger partial charge on any atom is 0.246 e. The molecule has 3 nitrogen and oxygen atoms in total. The molecule has 0 aromatic heterocycles. The zero-order chi connectivity index (χ0) is 16.1. The third-order valence-corrected chi connectivity index (χ3v) is 4.18. The summed E-state index contributed by atoms with van der Waals surface area (Å²) in [6.07, 6.45) is 0. The van der Waals surface area contributed by atoms with E-state index < -0.39 is 0 Å². The molecule has 0 saturated heterocycles. The predicted molar refractivity (Wildman–Crippen MR) is 101 cm³/mol. The summed E-state index contributed by atoms with van der Waals surface area (Å²) in [5.41, 5.74) is 2.98. The first-order valence-corrected chi connectivity index (χ1v) is 8.47. The van der Waals surface area contributed by atoms with E-state index in [2.05, 4.69) is 53.1 Å². The smallest absolute Gasteiger partial charge is 0.246 e. The number of nitrogens with one attached hydrogen (secondary N) is 2. The molecule has 0 aliphatic rings. The van der Waals surface area contributed by atoms with Gasteiger partial charge < -0.3 is 10.6 Å². The van der Waals surface area contributed by atoms with Crippen LogP contribution in [0.2, 0.25) is 0 Å². The minimum Gasteiger partial charge on any atom is -0.374 e. The highest BCUT2D eigenvalue weighted by atomic mass is 127. The molecule has 2 rings (SSSR count). The number of anilines is 2. The Kier molecular flexibility index (Phi) is 5.83. The van der Waals surface area contributed by atoms with Gasteiger partial charge in [0, 0.05) is 14.9 Å². The van der Waals surface area contributed by atoms with Crippen molar-refractivity contribution in [2.45, 2.75) is 32.7 Å². The Bertz CT molecular complexity index is 638. The van der Waals surface area contributed by atoms with Gasteiger partial charge in [-0.25, -0.2) is 0 Å². The Labute approximate surface area is 145 Å². The molecule has 0 bridgehead atoms. The fraction of sp³-hybridized carbons (Fsp3) is 0.278. The maximum absolute atomic E-state index is 12.4. The monoisotopic (exact) mass is 408 g/mol. The number of para-hydroxylation sites is 1. The molecule has 0 fully saturated rings. The van der Waals surface area contributed by atoms with Crippen molar-refractivity contribution < 1.29 is 4.79 Å². The first-order chi connectivity index (χ1) is 10.5. The first-order valence-electron chi connectivity index (χ1n) is 7.39. The lowest BCUT2D eigenvalue weighted by Crippen LogP contribution is -2.32. The van der Waals surface area contributed by atoms with Gasteiger partial charge in [-0.05, 0) is 71.3 Å². The lowest BCUT2D eigenvalue weighted by atomic mass is 10.0. The zero-order valence-corrected chi connectivity index (χ0v) is 15.2. The van der Waals surface area contributed by atoms with Crippen LogP contribution in [0, 0.1) is 3.57 Å². The van der Waals surface area contributed by atoms with Gasteiger partial charge in [0.1, 0.15) is 6.04 Å². The van der Waals surface area contributed by atoms with Crippen molar-refractivity contribution in [1.82, 2.24) is 0 Å². The van der Waals surface area contributed by atoms with E-state index in [-0.39, 0.29) is 11.9 Å². The zero-order valence-electron chi connectivity index (χ0n) is 13.1. The predicted octanol–water partition coefficient (Wildman–Crippen LogP) is 4.85. The molecule has 2 aromatic rings. The minimum atomic E-state index is -0.305. The minimum absolute atomic E-state index is 0.0355. The number of hydrogen-bond acceptors (Lipinski definition) is 2. The molecular formula is C18H21IN2O. The average molecular weight is 408 g/mol. The van der Waals surface area contributed by atoms with E-state index in [1.807, 2.05) is 49.4 Å². The third kappa shape index (κ3) is 4.47. The van der Waals surface area contributed by atoms with E-state index in [1.54, 1.807) is 0 Å². The highest BCUT2D eigenvalue weighted by Gasteiger charge is 2.15. The quantitative estimate of drug-likeness (QED) is 0.695. The number of carbonyl (C=O) groups excluding carboxylic acids is 1. The lowest BCUT2D eigenvalue weighted by Gasteiger charge is -2.18. The molecule has 0 aliphatic heterocycles. The SMILES string of the molecule is CC(C)c1ccccc1NC(=O)[C@@H](C)Nc1ccc(I)cc1.